The molecule has 1 amide bonds. The zero-order valence-corrected chi connectivity index (χ0v) is 17.3. The molecule has 1 heterocycles. The second kappa shape index (κ2) is 9.05. The average Bonchev–Trinajstić information content (AvgIpc) is 2.71. The van der Waals surface area contributed by atoms with Gasteiger partial charge in [-0.15, -0.1) is 0 Å². The van der Waals surface area contributed by atoms with Gasteiger partial charge >= 0.3 is 0 Å². The van der Waals surface area contributed by atoms with Crippen LogP contribution in [0.25, 0.3) is 5.69 Å². The molecule has 0 bridgehead atoms. The number of aryl methyl sites for hydroxylation is 2. The van der Waals surface area contributed by atoms with Crippen molar-refractivity contribution in [2.45, 2.75) is 37.6 Å². The van der Waals surface area contributed by atoms with E-state index in [0.29, 0.717) is 17.3 Å². The summed E-state index contributed by atoms with van der Waals surface area (Å²) in [5, 5.41) is 7.41. The summed E-state index contributed by atoms with van der Waals surface area (Å²) in [7, 11) is 0. The first-order valence-corrected chi connectivity index (χ1v) is 10.1. The lowest BCUT2D eigenvalue weighted by molar-refractivity contribution is -0.120. The second-order valence-electron chi connectivity index (χ2n) is 6.79. The lowest BCUT2D eigenvalue weighted by Gasteiger charge is -2.13. The van der Waals surface area contributed by atoms with Gasteiger partial charge in [-0.05, 0) is 67.8 Å². The number of aromatic nitrogens is 2. The Labute approximate surface area is 173 Å². The molecule has 2 aromatic carbocycles. The third-order valence-corrected chi connectivity index (χ3v) is 5.58. The minimum absolute atomic E-state index is 0.162. The van der Waals surface area contributed by atoms with Gasteiger partial charge in [0.05, 0.1) is 10.9 Å². The largest absolute Gasteiger partial charge is 0.351 e. The molecule has 0 aliphatic carbocycles. The lowest BCUT2D eigenvalue weighted by atomic mass is 10.1. The highest BCUT2D eigenvalue weighted by atomic mass is 32.2. The van der Waals surface area contributed by atoms with Crippen molar-refractivity contribution in [3.63, 3.8) is 0 Å². The van der Waals surface area contributed by atoms with Crippen LogP contribution in [-0.4, -0.2) is 20.9 Å². The molecule has 150 valence electrons. The van der Waals surface area contributed by atoms with E-state index >= 15 is 0 Å². The molecule has 0 saturated heterocycles. The predicted octanol–water partition coefficient (Wildman–Crippen LogP) is 3.79. The molecule has 1 aromatic heterocycles. The van der Waals surface area contributed by atoms with Crippen LogP contribution >= 0.6 is 11.8 Å². The summed E-state index contributed by atoms with van der Waals surface area (Å²) in [4.78, 5) is 24.6. The zero-order valence-electron chi connectivity index (χ0n) is 16.5. The Morgan fingerprint density at radius 1 is 1.10 bits per heavy atom. The van der Waals surface area contributed by atoms with Gasteiger partial charge in [-0.25, -0.2) is 4.39 Å². The van der Waals surface area contributed by atoms with Crippen LogP contribution < -0.4 is 10.9 Å². The molecule has 7 heteroatoms. The molecule has 5 nitrogen and oxygen atoms in total. The topological polar surface area (TPSA) is 64.0 Å². The fourth-order valence-corrected chi connectivity index (χ4v) is 3.50. The summed E-state index contributed by atoms with van der Waals surface area (Å²) in [5.41, 5.74) is 3.49. The number of halogens is 1. The van der Waals surface area contributed by atoms with E-state index in [9.17, 15) is 14.0 Å². The number of carbonyl (C=O) groups is 1. The molecule has 0 aliphatic heterocycles. The van der Waals surface area contributed by atoms with Gasteiger partial charge in [0.1, 0.15) is 10.8 Å². The van der Waals surface area contributed by atoms with Crippen molar-refractivity contribution in [1.82, 2.24) is 15.1 Å². The number of nitrogens with one attached hydrogen (secondary N) is 1. The highest BCUT2D eigenvalue weighted by Gasteiger charge is 2.16. The SMILES string of the molecule is Cc1ccc(-n2nc(S[C@H](C)C(=O)NCc3ccc(F)cc3)ccc2=O)cc1C. The lowest BCUT2D eigenvalue weighted by Crippen LogP contribution is -2.30. The molecule has 3 rings (SSSR count). The van der Waals surface area contributed by atoms with E-state index in [1.165, 1.54) is 34.6 Å². The molecule has 3 aromatic rings. The van der Waals surface area contributed by atoms with Crippen molar-refractivity contribution < 1.29 is 9.18 Å². The second-order valence-corrected chi connectivity index (χ2v) is 8.16. The van der Waals surface area contributed by atoms with Gasteiger partial charge in [0.2, 0.25) is 5.91 Å². The van der Waals surface area contributed by atoms with Gasteiger partial charge in [-0.2, -0.15) is 9.78 Å². The molecule has 1 atom stereocenters. The van der Waals surface area contributed by atoms with E-state index < -0.39 is 5.25 Å². The standard InChI is InChI=1S/C22H22FN3O2S/c1-14-4-9-19(12-15(14)2)26-21(27)11-10-20(25-26)29-16(3)22(28)24-13-17-5-7-18(23)8-6-17/h4-12,16H,13H2,1-3H3,(H,24,28)/t16-/m1/s1. The summed E-state index contributed by atoms with van der Waals surface area (Å²) in [6.07, 6.45) is 0. The van der Waals surface area contributed by atoms with E-state index in [1.54, 1.807) is 25.1 Å². The summed E-state index contributed by atoms with van der Waals surface area (Å²) in [5.74, 6) is -0.473. The van der Waals surface area contributed by atoms with Crippen LogP contribution in [0.1, 0.15) is 23.6 Å². The molecule has 0 aliphatic rings. The molecule has 0 unspecified atom stereocenters. The molecular formula is C22H22FN3O2S. The maximum atomic E-state index is 13.0. The number of thioether (sulfide) groups is 1. The Balaban J connectivity index is 1.69. The minimum Gasteiger partial charge on any atom is -0.351 e. The first-order valence-electron chi connectivity index (χ1n) is 9.20. The monoisotopic (exact) mass is 411 g/mol. The molecule has 0 spiro atoms. The van der Waals surface area contributed by atoms with Gasteiger partial charge < -0.3 is 5.32 Å². The number of carbonyl (C=O) groups excluding carboxylic acids is 1. The normalized spacial score (nSPS) is 11.9. The number of benzene rings is 2. The van der Waals surface area contributed by atoms with E-state index in [-0.39, 0.29) is 17.3 Å². The van der Waals surface area contributed by atoms with Crippen molar-refractivity contribution in [2.24, 2.45) is 0 Å². The van der Waals surface area contributed by atoms with Gasteiger partial charge in [-0.3, -0.25) is 9.59 Å². The van der Waals surface area contributed by atoms with E-state index in [4.69, 9.17) is 0 Å². The van der Waals surface area contributed by atoms with Crippen LogP contribution in [-0.2, 0) is 11.3 Å². The smallest absolute Gasteiger partial charge is 0.271 e. The number of amides is 1. The number of hydrogen-bond donors (Lipinski definition) is 1. The fourth-order valence-electron chi connectivity index (χ4n) is 2.67. The fraction of sp³-hybridized carbons (Fsp3) is 0.227. The highest BCUT2D eigenvalue weighted by Crippen LogP contribution is 2.21. The summed E-state index contributed by atoms with van der Waals surface area (Å²) >= 11 is 1.27. The highest BCUT2D eigenvalue weighted by molar-refractivity contribution is 8.00. The Kier molecular flexibility index (Phi) is 6.49. The van der Waals surface area contributed by atoms with Gasteiger partial charge in [0, 0.05) is 12.6 Å². The first-order chi connectivity index (χ1) is 13.8. The minimum atomic E-state index is -0.409. The predicted molar refractivity (Wildman–Crippen MR) is 113 cm³/mol. The number of hydrogen-bond acceptors (Lipinski definition) is 4. The van der Waals surface area contributed by atoms with Crippen LogP contribution in [0, 0.1) is 19.7 Å². The maximum Gasteiger partial charge on any atom is 0.271 e. The maximum absolute atomic E-state index is 13.0. The van der Waals surface area contributed by atoms with E-state index in [2.05, 4.69) is 10.4 Å². The first kappa shape index (κ1) is 20.8. The van der Waals surface area contributed by atoms with Crippen LogP contribution in [0.3, 0.4) is 0 Å². The molecule has 0 fully saturated rings. The third-order valence-electron chi connectivity index (χ3n) is 4.56. The van der Waals surface area contributed by atoms with Gasteiger partial charge in [0.15, 0.2) is 0 Å². The molecule has 0 radical (unpaired) electrons. The molecular weight excluding hydrogens is 389 g/mol. The molecule has 29 heavy (non-hydrogen) atoms. The van der Waals surface area contributed by atoms with Gasteiger partial charge in [0.25, 0.3) is 5.56 Å². The number of nitrogens with zero attached hydrogens (tertiary/aromatic N) is 2. The Bertz CT molecular complexity index is 1080. The Morgan fingerprint density at radius 2 is 1.83 bits per heavy atom. The van der Waals surface area contributed by atoms with Crippen LogP contribution in [0.5, 0.6) is 0 Å². The zero-order chi connectivity index (χ0) is 21.0. The van der Waals surface area contributed by atoms with Crippen molar-refractivity contribution >= 4 is 17.7 Å². The van der Waals surface area contributed by atoms with Crippen LogP contribution in [0.2, 0.25) is 0 Å². The Morgan fingerprint density at radius 3 is 2.52 bits per heavy atom. The van der Waals surface area contributed by atoms with Crippen molar-refractivity contribution in [2.75, 3.05) is 0 Å². The Hall–Kier alpha value is -2.93. The van der Waals surface area contributed by atoms with Gasteiger partial charge in [-0.1, -0.05) is 30.0 Å². The van der Waals surface area contributed by atoms with Crippen molar-refractivity contribution in [3.05, 3.63) is 87.5 Å². The summed E-state index contributed by atoms with van der Waals surface area (Å²) in [6.45, 7) is 6.08. The van der Waals surface area contributed by atoms with E-state index in [1.807, 2.05) is 32.0 Å². The van der Waals surface area contributed by atoms with Crippen LogP contribution in [0.4, 0.5) is 4.39 Å². The van der Waals surface area contributed by atoms with Crippen LogP contribution in [0.15, 0.2) is 64.4 Å². The number of rotatable bonds is 6. The molecule has 1 N–H and O–H groups in total. The summed E-state index contributed by atoms with van der Waals surface area (Å²) < 4.78 is 14.3. The molecule has 0 saturated carbocycles. The van der Waals surface area contributed by atoms with Crippen molar-refractivity contribution in [3.8, 4) is 5.69 Å². The third kappa shape index (κ3) is 5.32. The summed E-state index contributed by atoms with van der Waals surface area (Å²) in [6, 6.07) is 14.8. The quantitative estimate of drug-likeness (QED) is 0.627. The average molecular weight is 412 g/mol. The van der Waals surface area contributed by atoms with E-state index in [0.717, 1.165) is 16.7 Å². The van der Waals surface area contributed by atoms with Crippen molar-refractivity contribution in [1.29, 1.82) is 0 Å².